The average molecular weight is 313 g/mol. The highest BCUT2D eigenvalue weighted by Gasteiger charge is 2.41. The smallest absolute Gasteiger partial charge is 0.267 e. The van der Waals surface area contributed by atoms with Gasteiger partial charge < -0.3 is 10.00 Å². The molecule has 1 aliphatic heterocycles. The van der Waals surface area contributed by atoms with Crippen LogP contribution in [0.25, 0.3) is 0 Å². The zero-order valence-electron chi connectivity index (χ0n) is 13.8. The molecule has 0 aliphatic carbocycles. The third-order valence-electron chi connectivity index (χ3n) is 4.92. The molecule has 5 heteroatoms. The van der Waals surface area contributed by atoms with E-state index in [1.54, 1.807) is 6.92 Å². The SMILES string of the molecule is Cc1[nH][nH]c(=O)c1CC(=O)N1CC(c2ccccc2)C(C)(C)C1. The first kappa shape index (κ1) is 15.6. The van der Waals surface area contributed by atoms with Crippen LogP contribution in [0.1, 0.15) is 36.6 Å². The number of amides is 1. The molecule has 23 heavy (non-hydrogen) atoms. The second-order valence-corrected chi connectivity index (χ2v) is 7.09. The van der Waals surface area contributed by atoms with Crippen LogP contribution >= 0.6 is 0 Å². The highest BCUT2D eigenvalue weighted by molar-refractivity contribution is 5.79. The highest BCUT2D eigenvalue weighted by atomic mass is 16.2. The normalized spacial score (nSPS) is 20.0. The molecule has 2 N–H and O–H groups in total. The van der Waals surface area contributed by atoms with E-state index in [1.165, 1.54) is 5.56 Å². The molecule has 1 saturated heterocycles. The van der Waals surface area contributed by atoms with E-state index in [9.17, 15) is 9.59 Å². The topological polar surface area (TPSA) is 69.0 Å². The Morgan fingerprint density at radius 1 is 1.26 bits per heavy atom. The molecule has 0 spiro atoms. The predicted molar refractivity (Wildman–Crippen MR) is 89.4 cm³/mol. The summed E-state index contributed by atoms with van der Waals surface area (Å²) >= 11 is 0. The van der Waals surface area contributed by atoms with Crippen LogP contribution in [0.2, 0.25) is 0 Å². The van der Waals surface area contributed by atoms with E-state index in [4.69, 9.17) is 0 Å². The molecule has 1 aromatic carbocycles. The van der Waals surface area contributed by atoms with E-state index in [0.29, 0.717) is 24.6 Å². The number of H-pyrrole nitrogens is 2. The first-order valence-electron chi connectivity index (χ1n) is 7.97. The summed E-state index contributed by atoms with van der Waals surface area (Å²) in [6.07, 6.45) is 0.155. The largest absolute Gasteiger partial charge is 0.341 e. The molecule has 1 unspecified atom stereocenters. The fourth-order valence-electron chi connectivity index (χ4n) is 3.51. The van der Waals surface area contributed by atoms with Crippen LogP contribution in [-0.2, 0) is 11.2 Å². The number of carbonyl (C=O) groups is 1. The maximum Gasteiger partial charge on any atom is 0.267 e. The van der Waals surface area contributed by atoms with E-state index in [-0.39, 0.29) is 23.3 Å². The summed E-state index contributed by atoms with van der Waals surface area (Å²) in [5.41, 5.74) is 2.37. The fraction of sp³-hybridized carbons (Fsp3) is 0.444. The Morgan fingerprint density at radius 3 is 2.57 bits per heavy atom. The Hall–Kier alpha value is -2.30. The van der Waals surface area contributed by atoms with Crippen LogP contribution in [0.3, 0.4) is 0 Å². The standard InChI is InChI=1S/C18H23N3O2/c1-12-14(17(23)20-19-12)9-16(22)21-10-15(18(2,3)11-21)13-7-5-4-6-8-13/h4-8,15H,9-11H2,1-3H3,(H2,19,20,23). The monoisotopic (exact) mass is 313 g/mol. The Morgan fingerprint density at radius 2 is 1.96 bits per heavy atom. The zero-order chi connectivity index (χ0) is 16.6. The van der Waals surface area contributed by atoms with Crippen LogP contribution in [0.15, 0.2) is 35.1 Å². The van der Waals surface area contributed by atoms with E-state index in [1.807, 2.05) is 23.1 Å². The molecule has 122 valence electrons. The van der Waals surface area contributed by atoms with Crippen molar-refractivity contribution in [2.75, 3.05) is 13.1 Å². The molecule has 0 bridgehead atoms. The van der Waals surface area contributed by atoms with Gasteiger partial charge in [-0.3, -0.25) is 14.7 Å². The number of likely N-dealkylation sites (tertiary alicyclic amines) is 1. The van der Waals surface area contributed by atoms with Gasteiger partial charge in [-0.2, -0.15) is 0 Å². The lowest BCUT2D eigenvalue weighted by atomic mass is 9.78. The number of aryl methyl sites for hydroxylation is 1. The molecular weight excluding hydrogens is 290 g/mol. The Kier molecular flexibility index (Phi) is 3.88. The highest BCUT2D eigenvalue weighted by Crippen LogP contribution is 2.42. The van der Waals surface area contributed by atoms with E-state index in [0.717, 1.165) is 5.69 Å². The number of nitrogens with zero attached hydrogens (tertiary/aromatic N) is 1. The van der Waals surface area contributed by atoms with Crippen LogP contribution in [-0.4, -0.2) is 34.1 Å². The first-order chi connectivity index (χ1) is 10.9. The van der Waals surface area contributed by atoms with Crippen molar-refractivity contribution in [1.82, 2.24) is 15.1 Å². The van der Waals surface area contributed by atoms with Gasteiger partial charge >= 0.3 is 0 Å². The van der Waals surface area contributed by atoms with Gasteiger partial charge in [0.05, 0.1) is 6.42 Å². The molecular formula is C18H23N3O2. The van der Waals surface area contributed by atoms with Crippen molar-refractivity contribution in [2.45, 2.75) is 33.1 Å². The molecule has 1 atom stereocenters. The first-order valence-corrected chi connectivity index (χ1v) is 7.97. The second-order valence-electron chi connectivity index (χ2n) is 7.09. The molecule has 2 heterocycles. The number of carbonyl (C=O) groups excluding carboxylic acids is 1. The van der Waals surface area contributed by atoms with Crippen molar-refractivity contribution in [1.29, 1.82) is 0 Å². The van der Waals surface area contributed by atoms with Gasteiger partial charge in [-0.1, -0.05) is 44.2 Å². The number of hydrogen-bond donors (Lipinski definition) is 2. The summed E-state index contributed by atoms with van der Waals surface area (Å²) in [5, 5.41) is 5.31. The minimum absolute atomic E-state index is 0.0182. The van der Waals surface area contributed by atoms with Gasteiger partial charge in [0.1, 0.15) is 0 Å². The predicted octanol–water partition coefficient (Wildman–Crippen LogP) is 2.21. The van der Waals surface area contributed by atoms with Crippen molar-refractivity contribution in [3.05, 3.63) is 57.5 Å². The Balaban J connectivity index is 1.78. The summed E-state index contributed by atoms with van der Waals surface area (Å²) in [7, 11) is 0. The van der Waals surface area contributed by atoms with Crippen molar-refractivity contribution >= 4 is 5.91 Å². The molecule has 1 fully saturated rings. The van der Waals surface area contributed by atoms with Gasteiger partial charge in [-0.15, -0.1) is 0 Å². The molecule has 1 amide bonds. The number of rotatable bonds is 3. The summed E-state index contributed by atoms with van der Waals surface area (Å²) < 4.78 is 0. The third-order valence-corrected chi connectivity index (χ3v) is 4.92. The van der Waals surface area contributed by atoms with Gasteiger partial charge in [0, 0.05) is 30.3 Å². The Labute approximate surface area is 135 Å². The van der Waals surface area contributed by atoms with E-state index < -0.39 is 0 Å². The number of aromatic nitrogens is 2. The van der Waals surface area contributed by atoms with Crippen molar-refractivity contribution in [2.24, 2.45) is 5.41 Å². The lowest BCUT2D eigenvalue weighted by Crippen LogP contribution is -2.32. The molecule has 0 saturated carbocycles. The van der Waals surface area contributed by atoms with E-state index in [2.05, 4.69) is 36.2 Å². The molecule has 1 aromatic heterocycles. The third kappa shape index (κ3) is 2.96. The number of hydrogen-bond acceptors (Lipinski definition) is 2. The van der Waals surface area contributed by atoms with E-state index >= 15 is 0 Å². The van der Waals surface area contributed by atoms with Gasteiger partial charge in [-0.25, -0.2) is 0 Å². The Bertz CT molecular complexity index is 758. The van der Waals surface area contributed by atoms with Gasteiger partial charge in [-0.05, 0) is 17.9 Å². The zero-order valence-corrected chi connectivity index (χ0v) is 13.8. The fourth-order valence-corrected chi connectivity index (χ4v) is 3.51. The summed E-state index contributed by atoms with van der Waals surface area (Å²) in [6, 6.07) is 10.3. The molecule has 1 aliphatic rings. The maximum atomic E-state index is 12.6. The lowest BCUT2D eigenvalue weighted by Gasteiger charge is -2.25. The summed E-state index contributed by atoms with van der Waals surface area (Å²) in [6.45, 7) is 7.63. The number of aromatic amines is 2. The molecule has 3 rings (SSSR count). The number of benzene rings is 1. The minimum atomic E-state index is -0.200. The molecule has 2 aromatic rings. The van der Waals surface area contributed by atoms with Crippen molar-refractivity contribution in [3.63, 3.8) is 0 Å². The van der Waals surface area contributed by atoms with Gasteiger partial charge in [0.15, 0.2) is 0 Å². The van der Waals surface area contributed by atoms with Crippen LogP contribution < -0.4 is 5.56 Å². The quantitative estimate of drug-likeness (QED) is 0.912. The van der Waals surface area contributed by atoms with Crippen LogP contribution in [0.5, 0.6) is 0 Å². The van der Waals surface area contributed by atoms with Crippen molar-refractivity contribution < 1.29 is 4.79 Å². The lowest BCUT2D eigenvalue weighted by molar-refractivity contribution is -0.129. The molecule has 0 radical (unpaired) electrons. The molecule has 5 nitrogen and oxygen atoms in total. The average Bonchev–Trinajstić information content (AvgIpc) is 3.01. The second kappa shape index (κ2) is 5.72. The van der Waals surface area contributed by atoms with Crippen molar-refractivity contribution in [3.8, 4) is 0 Å². The summed E-state index contributed by atoms with van der Waals surface area (Å²) in [5.74, 6) is 0.336. The maximum absolute atomic E-state index is 12.6. The van der Waals surface area contributed by atoms with Crippen LogP contribution in [0, 0.1) is 12.3 Å². The van der Waals surface area contributed by atoms with Gasteiger partial charge in [0.2, 0.25) is 5.91 Å². The summed E-state index contributed by atoms with van der Waals surface area (Å²) in [4.78, 5) is 26.3. The van der Waals surface area contributed by atoms with Crippen LogP contribution in [0.4, 0.5) is 0 Å². The minimum Gasteiger partial charge on any atom is -0.341 e. The van der Waals surface area contributed by atoms with Gasteiger partial charge in [0.25, 0.3) is 5.56 Å². The number of nitrogens with one attached hydrogen (secondary N) is 2.